The number of ether oxygens (including phenoxy) is 1. The van der Waals surface area contributed by atoms with Gasteiger partial charge in [0.05, 0.1) is 22.5 Å². The number of aryl methyl sites for hydroxylation is 1. The number of carbonyl (C=O) groups is 1. The molecule has 2 aromatic carbocycles. The van der Waals surface area contributed by atoms with E-state index in [1.807, 2.05) is 32.0 Å². The van der Waals surface area contributed by atoms with Crippen LogP contribution in [0.2, 0.25) is 0 Å². The van der Waals surface area contributed by atoms with Crippen molar-refractivity contribution in [2.24, 2.45) is 0 Å². The van der Waals surface area contributed by atoms with E-state index in [4.69, 9.17) is 9.72 Å². The monoisotopic (exact) mass is 500 g/mol. The van der Waals surface area contributed by atoms with Crippen molar-refractivity contribution in [1.29, 1.82) is 0 Å². The van der Waals surface area contributed by atoms with Crippen LogP contribution in [-0.4, -0.2) is 27.3 Å². The number of aromatic nitrogens is 3. The molecule has 0 saturated carbocycles. The zero-order chi connectivity index (χ0) is 21.7. The van der Waals surface area contributed by atoms with Crippen LogP contribution in [0.3, 0.4) is 0 Å². The number of amides is 1. The Balaban J connectivity index is 1.64. The van der Waals surface area contributed by atoms with Crippen molar-refractivity contribution < 1.29 is 13.9 Å². The van der Waals surface area contributed by atoms with E-state index in [0.29, 0.717) is 23.1 Å². The molecule has 0 radical (unpaired) electrons. The topological polar surface area (TPSA) is 69.0 Å². The van der Waals surface area contributed by atoms with Crippen molar-refractivity contribution in [2.75, 3.05) is 11.9 Å². The molecule has 1 amide bonds. The Morgan fingerprint density at radius 3 is 2.97 bits per heavy atom. The molecule has 0 bridgehead atoms. The Kier molecular flexibility index (Phi) is 5.02. The second kappa shape index (κ2) is 7.72. The highest BCUT2D eigenvalue weighted by Crippen LogP contribution is 2.42. The molecule has 0 unspecified atom stereocenters. The van der Waals surface area contributed by atoms with E-state index in [2.05, 4.69) is 26.3 Å². The van der Waals surface area contributed by atoms with Crippen LogP contribution in [0.1, 0.15) is 36.1 Å². The van der Waals surface area contributed by atoms with Crippen molar-refractivity contribution >= 4 is 49.2 Å². The number of anilines is 1. The Bertz CT molecular complexity index is 1330. The predicted octanol–water partition coefficient (Wildman–Crippen LogP) is 5.56. The number of thiazole rings is 1. The average Bonchev–Trinajstić information content (AvgIpc) is 3.30. The summed E-state index contributed by atoms with van der Waals surface area (Å²) >= 11 is 4.87. The molecular weight excluding hydrogens is 483 g/mol. The van der Waals surface area contributed by atoms with Crippen molar-refractivity contribution in [2.45, 2.75) is 26.2 Å². The van der Waals surface area contributed by atoms with Gasteiger partial charge >= 0.3 is 0 Å². The summed E-state index contributed by atoms with van der Waals surface area (Å²) in [7, 11) is 0. The van der Waals surface area contributed by atoms with Gasteiger partial charge in [-0.15, -0.1) is 0 Å². The molecule has 9 heteroatoms. The van der Waals surface area contributed by atoms with Gasteiger partial charge in [-0.05, 0) is 55.8 Å². The van der Waals surface area contributed by atoms with Gasteiger partial charge in [0.15, 0.2) is 0 Å². The average molecular weight is 501 g/mol. The number of hydrogen-bond acceptors (Lipinski definition) is 5. The lowest BCUT2D eigenvalue weighted by atomic mass is 9.85. The summed E-state index contributed by atoms with van der Waals surface area (Å²) in [5, 5.41) is 8.22. The molecular formula is C22H18BrFN4O2S. The first-order valence-electron chi connectivity index (χ1n) is 9.82. The van der Waals surface area contributed by atoms with Crippen LogP contribution >= 0.6 is 27.3 Å². The van der Waals surface area contributed by atoms with Gasteiger partial charge in [0, 0.05) is 22.4 Å². The third-order valence-corrected chi connectivity index (χ3v) is 6.76. The molecule has 31 heavy (non-hydrogen) atoms. The molecule has 1 atom stereocenters. The molecule has 2 aromatic heterocycles. The molecule has 1 N–H and O–H groups in total. The fourth-order valence-corrected chi connectivity index (χ4v) is 5.30. The fourth-order valence-electron chi connectivity index (χ4n) is 3.97. The highest BCUT2D eigenvalue weighted by atomic mass is 79.9. The van der Waals surface area contributed by atoms with Gasteiger partial charge in [-0.1, -0.05) is 27.3 Å². The van der Waals surface area contributed by atoms with Crippen LogP contribution in [0.5, 0.6) is 5.75 Å². The molecule has 3 heterocycles. The Morgan fingerprint density at radius 2 is 2.16 bits per heavy atom. The fraction of sp³-hybridized carbons (Fsp3) is 0.227. The minimum Gasteiger partial charge on any atom is -0.494 e. The van der Waals surface area contributed by atoms with E-state index in [0.717, 1.165) is 31.7 Å². The summed E-state index contributed by atoms with van der Waals surface area (Å²) in [5.41, 5.74) is 2.83. The van der Waals surface area contributed by atoms with Crippen LogP contribution in [0.25, 0.3) is 15.3 Å². The van der Waals surface area contributed by atoms with Gasteiger partial charge in [-0.3, -0.25) is 4.79 Å². The molecule has 0 aliphatic carbocycles. The minimum atomic E-state index is -0.422. The Hall–Kier alpha value is -2.78. The number of halogens is 2. The second-order valence-corrected chi connectivity index (χ2v) is 9.21. The lowest BCUT2D eigenvalue weighted by Gasteiger charge is -2.24. The first-order valence-corrected chi connectivity index (χ1v) is 11.4. The van der Waals surface area contributed by atoms with E-state index in [9.17, 15) is 9.18 Å². The molecule has 0 saturated heterocycles. The van der Waals surface area contributed by atoms with Gasteiger partial charge in [0.25, 0.3) is 0 Å². The Morgan fingerprint density at radius 1 is 1.32 bits per heavy atom. The maximum Gasteiger partial charge on any atom is 0.226 e. The first-order chi connectivity index (χ1) is 14.9. The standard InChI is InChI=1S/C22H18BrFN4O2S/c1-3-30-13-5-7-17-18(9-13)31-22(25-17)28-21-20(11(2)27-28)15(10-19(29)26-21)14-8-12(23)4-6-16(14)24/h4-9,15H,3,10H2,1-2H3,(H,26,29)/t15-/m0/s1. The number of carbonyl (C=O) groups excluding carboxylic acids is 1. The highest BCUT2D eigenvalue weighted by Gasteiger charge is 2.34. The van der Waals surface area contributed by atoms with Gasteiger partial charge < -0.3 is 10.1 Å². The summed E-state index contributed by atoms with van der Waals surface area (Å²) in [4.78, 5) is 17.3. The van der Waals surface area contributed by atoms with E-state index in [-0.39, 0.29) is 18.1 Å². The molecule has 1 aliphatic rings. The molecule has 5 rings (SSSR count). The summed E-state index contributed by atoms with van der Waals surface area (Å²) in [6.45, 7) is 4.40. The number of fused-ring (bicyclic) bond motifs is 2. The van der Waals surface area contributed by atoms with E-state index >= 15 is 0 Å². The van der Waals surface area contributed by atoms with Gasteiger partial charge in [0.1, 0.15) is 17.4 Å². The third kappa shape index (κ3) is 3.51. The normalized spacial score (nSPS) is 15.7. The highest BCUT2D eigenvalue weighted by molar-refractivity contribution is 9.10. The summed E-state index contributed by atoms with van der Waals surface area (Å²) in [5.74, 6) is 0.376. The SMILES string of the molecule is CCOc1ccc2nc(-n3nc(C)c4c3NC(=O)C[C@H]4c3cc(Br)ccc3F)sc2c1. The van der Waals surface area contributed by atoms with Gasteiger partial charge in [0.2, 0.25) is 11.0 Å². The predicted molar refractivity (Wildman–Crippen MR) is 122 cm³/mol. The number of benzene rings is 2. The summed E-state index contributed by atoms with van der Waals surface area (Å²) < 4.78 is 23.6. The van der Waals surface area contributed by atoms with E-state index in [1.165, 1.54) is 17.4 Å². The van der Waals surface area contributed by atoms with Gasteiger partial charge in [-0.25, -0.2) is 9.37 Å². The van der Waals surface area contributed by atoms with Crippen molar-refractivity contribution in [3.8, 4) is 10.9 Å². The largest absolute Gasteiger partial charge is 0.494 e. The third-order valence-electron chi connectivity index (χ3n) is 5.28. The molecule has 1 aliphatic heterocycles. The van der Waals surface area contributed by atoms with Crippen LogP contribution in [-0.2, 0) is 4.79 Å². The van der Waals surface area contributed by atoms with Crippen molar-refractivity contribution in [1.82, 2.24) is 14.8 Å². The van der Waals surface area contributed by atoms with E-state index in [1.54, 1.807) is 16.8 Å². The Labute approximate surface area is 190 Å². The lowest BCUT2D eigenvalue weighted by molar-refractivity contribution is -0.116. The number of nitrogens with one attached hydrogen (secondary N) is 1. The van der Waals surface area contributed by atoms with Crippen molar-refractivity contribution in [3.05, 3.63) is 63.5 Å². The molecule has 158 valence electrons. The quantitative estimate of drug-likeness (QED) is 0.397. The maximum atomic E-state index is 14.7. The van der Waals surface area contributed by atoms with Crippen molar-refractivity contribution in [3.63, 3.8) is 0 Å². The maximum absolute atomic E-state index is 14.7. The zero-order valence-electron chi connectivity index (χ0n) is 16.8. The summed E-state index contributed by atoms with van der Waals surface area (Å²) in [6, 6.07) is 10.5. The van der Waals surface area contributed by atoms with E-state index < -0.39 is 5.92 Å². The number of rotatable bonds is 4. The van der Waals surface area contributed by atoms with Crippen LogP contribution in [0, 0.1) is 12.7 Å². The smallest absolute Gasteiger partial charge is 0.226 e. The van der Waals surface area contributed by atoms with Crippen LogP contribution < -0.4 is 10.1 Å². The molecule has 4 aromatic rings. The number of hydrogen-bond donors (Lipinski definition) is 1. The van der Waals surface area contributed by atoms with Crippen LogP contribution in [0.4, 0.5) is 10.2 Å². The first kappa shape index (κ1) is 20.1. The second-order valence-electron chi connectivity index (χ2n) is 7.29. The zero-order valence-corrected chi connectivity index (χ0v) is 19.2. The molecule has 6 nitrogen and oxygen atoms in total. The molecule has 0 spiro atoms. The minimum absolute atomic E-state index is 0.157. The van der Waals surface area contributed by atoms with Crippen LogP contribution in [0.15, 0.2) is 40.9 Å². The molecule has 0 fully saturated rings. The lowest BCUT2D eigenvalue weighted by Crippen LogP contribution is -2.25. The number of nitrogens with zero attached hydrogens (tertiary/aromatic N) is 3. The van der Waals surface area contributed by atoms with Gasteiger partial charge in [-0.2, -0.15) is 9.78 Å². The summed E-state index contributed by atoms with van der Waals surface area (Å²) in [6.07, 6.45) is 0.157.